The Bertz CT molecular complexity index is 1440. The van der Waals surface area contributed by atoms with Gasteiger partial charge in [0.1, 0.15) is 6.04 Å². The van der Waals surface area contributed by atoms with E-state index in [1.54, 1.807) is 30.3 Å². The summed E-state index contributed by atoms with van der Waals surface area (Å²) < 4.78 is 53.7. The van der Waals surface area contributed by atoms with E-state index < -0.39 is 32.0 Å². The predicted octanol–water partition coefficient (Wildman–Crippen LogP) is 4.90. The molecule has 0 bridgehead atoms. The molecule has 12 heteroatoms. The van der Waals surface area contributed by atoms with Crippen molar-refractivity contribution in [1.82, 2.24) is 0 Å². The third-order valence-corrected chi connectivity index (χ3v) is 8.45. The second kappa shape index (κ2) is 10.4. The van der Waals surface area contributed by atoms with Gasteiger partial charge in [0.25, 0.3) is 10.0 Å². The molecule has 0 saturated carbocycles. The van der Waals surface area contributed by atoms with E-state index in [0.29, 0.717) is 11.4 Å². The molecular weight excluding hydrogens is 533 g/mol. The Labute approximate surface area is 215 Å². The number of hydrogen-bond acceptors (Lipinski definition) is 5. The zero-order valence-corrected chi connectivity index (χ0v) is 22.1. The number of rotatable bonds is 8. The molecule has 0 saturated heterocycles. The Kier molecular flexibility index (Phi) is 8.00. The van der Waals surface area contributed by atoms with Gasteiger partial charge in [0.15, 0.2) is 0 Å². The molecule has 1 amide bonds. The molecule has 3 aromatic carbocycles. The highest BCUT2D eigenvalue weighted by Gasteiger charge is 2.29. The average molecular weight is 556 g/mol. The van der Waals surface area contributed by atoms with Crippen LogP contribution >= 0.6 is 23.2 Å². The maximum Gasteiger partial charge on any atom is 0.261 e. The summed E-state index contributed by atoms with van der Waals surface area (Å²) in [6.07, 6.45) is 1.02. The van der Waals surface area contributed by atoms with E-state index >= 15 is 0 Å². The van der Waals surface area contributed by atoms with Crippen molar-refractivity contribution >= 4 is 66.2 Å². The van der Waals surface area contributed by atoms with E-state index in [-0.39, 0.29) is 20.6 Å². The lowest BCUT2D eigenvalue weighted by atomic mass is 10.2. The van der Waals surface area contributed by atoms with Crippen molar-refractivity contribution in [1.29, 1.82) is 0 Å². The largest absolute Gasteiger partial charge is 0.324 e. The van der Waals surface area contributed by atoms with Crippen LogP contribution in [-0.4, -0.2) is 35.0 Å². The first-order valence-electron chi connectivity index (χ1n) is 10.2. The maximum atomic E-state index is 12.9. The minimum atomic E-state index is -3.98. The topological polar surface area (TPSA) is 113 Å². The number of hydrogen-bond donors (Lipinski definition) is 2. The summed E-state index contributed by atoms with van der Waals surface area (Å²) in [5.41, 5.74) is 1.72. The molecule has 0 fully saturated rings. The normalized spacial score (nSPS) is 12.6. The van der Waals surface area contributed by atoms with Crippen LogP contribution in [0.5, 0.6) is 0 Å². The van der Waals surface area contributed by atoms with E-state index in [1.807, 2.05) is 6.92 Å². The molecule has 3 aromatic rings. The fourth-order valence-corrected chi connectivity index (χ4v) is 5.90. The molecule has 1 unspecified atom stereocenters. The summed E-state index contributed by atoms with van der Waals surface area (Å²) >= 11 is 12.0. The molecule has 0 aliphatic rings. The fourth-order valence-electron chi connectivity index (χ4n) is 3.25. The third-order valence-electron chi connectivity index (χ3n) is 5.01. The van der Waals surface area contributed by atoms with Crippen molar-refractivity contribution in [2.45, 2.75) is 24.8 Å². The molecule has 3 rings (SSSR count). The van der Waals surface area contributed by atoms with Crippen LogP contribution in [0.25, 0.3) is 0 Å². The van der Waals surface area contributed by atoms with Crippen LogP contribution in [0, 0.1) is 6.92 Å². The van der Waals surface area contributed by atoms with Crippen LogP contribution in [-0.2, 0) is 24.8 Å². The van der Waals surface area contributed by atoms with Gasteiger partial charge in [0.2, 0.25) is 15.9 Å². The van der Waals surface area contributed by atoms with Gasteiger partial charge >= 0.3 is 0 Å². The summed E-state index contributed by atoms with van der Waals surface area (Å²) in [5.74, 6) is -0.588. The van der Waals surface area contributed by atoms with Gasteiger partial charge in [0.05, 0.1) is 32.6 Å². The molecule has 35 heavy (non-hydrogen) atoms. The number of aryl methyl sites for hydroxylation is 1. The molecular formula is C23H23Cl2N3O5S2. The fraction of sp³-hybridized carbons (Fsp3) is 0.174. The van der Waals surface area contributed by atoms with Crippen LogP contribution in [0.4, 0.5) is 17.1 Å². The summed E-state index contributed by atoms with van der Waals surface area (Å²) in [5, 5.41) is 2.89. The van der Waals surface area contributed by atoms with E-state index in [0.717, 1.165) is 16.1 Å². The smallest absolute Gasteiger partial charge is 0.261 e. The van der Waals surface area contributed by atoms with Crippen molar-refractivity contribution in [3.05, 3.63) is 82.3 Å². The van der Waals surface area contributed by atoms with Crippen LogP contribution < -0.4 is 14.3 Å². The van der Waals surface area contributed by atoms with Gasteiger partial charge < -0.3 is 5.32 Å². The molecule has 0 aromatic heterocycles. The molecule has 0 aliphatic carbocycles. The summed E-state index contributed by atoms with van der Waals surface area (Å²) in [6.45, 7) is 3.33. The van der Waals surface area contributed by atoms with Crippen molar-refractivity contribution < 1.29 is 21.6 Å². The second-order valence-electron chi connectivity index (χ2n) is 7.79. The third kappa shape index (κ3) is 6.46. The van der Waals surface area contributed by atoms with Gasteiger partial charge in [-0.2, -0.15) is 0 Å². The van der Waals surface area contributed by atoms with Crippen molar-refractivity contribution in [2.75, 3.05) is 20.6 Å². The number of sulfonamides is 2. The zero-order valence-electron chi connectivity index (χ0n) is 19.0. The first-order chi connectivity index (χ1) is 16.3. The molecule has 2 N–H and O–H groups in total. The molecule has 0 radical (unpaired) electrons. The van der Waals surface area contributed by atoms with Gasteiger partial charge in [-0.3, -0.25) is 13.8 Å². The lowest BCUT2D eigenvalue weighted by molar-refractivity contribution is -0.116. The number of carbonyl (C=O) groups is 1. The Hall–Kier alpha value is -2.79. The molecule has 0 spiro atoms. The van der Waals surface area contributed by atoms with Crippen LogP contribution in [0.3, 0.4) is 0 Å². The molecule has 0 heterocycles. The average Bonchev–Trinajstić information content (AvgIpc) is 2.77. The van der Waals surface area contributed by atoms with Gasteiger partial charge in [0, 0.05) is 5.69 Å². The highest BCUT2D eigenvalue weighted by Crippen LogP contribution is 2.31. The van der Waals surface area contributed by atoms with Crippen molar-refractivity contribution in [2.24, 2.45) is 0 Å². The lowest BCUT2D eigenvalue weighted by Gasteiger charge is -2.28. The van der Waals surface area contributed by atoms with Gasteiger partial charge in [-0.25, -0.2) is 16.8 Å². The Morgan fingerprint density at radius 3 is 2.09 bits per heavy atom. The van der Waals surface area contributed by atoms with Crippen LogP contribution in [0.15, 0.2) is 71.6 Å². The van der Waals surface area contributed by atoms with Crippen molar-refractivity contribution in [3.8, 4) is 0 Å². The summed E-state index contributed by atoms with van der Waals surface area (Å²) in [7, 11) is -7.74. The first kappa shape index (κ1) is 26.8. The standard InChI is InChI=1S/C23H23Cl2N3O5S2/c1-15-7-11-18(12-8-15)28(34(3,30)31)16(2)23(29)26-17-9-13-19(14-10-17)35(32,33)27-21-6-4-5-20(24)22(21)25/h4-14,16,27H,1-3H3,(H,26,29). The van der Waals surface area contributed by atoms with Gasteiger partial charge in [-0.05, 0) is 62.4 Å². The number of amides is 1. The SMILES string of the molecule is Cc1ccc(N(C(C)C(=O)Nc2ccc(S(=O)(=O)Nc3cccc(Cl)c3Cl)cc2)S(C)(=O)=O)cc1. The quantitative estimate of drug-likeness (QED) is 0.410. The summed E-state index contributed by atoms with van der Waals surface area (Å²) in [4.78, 5) is 12.8. The van der Waals surface area contributed by atoms with Gasteiger partial charge in [-0.1, -0.05) is 47.0 Å². The molecule has 1 atom stereocenters. The Morgan fingerprint density at radius 1 is 0.914 bits per heavy atom. The minimum absolute atomic E-state index is 0.0691. The minimum Gasteiger partial charge on any atom is -0.324 e. The van der Waals surface area contributed by atoms with E-state index in [9.17, 15) is 21.6 Å². The first-order valence-corrected chi connectivity index (χ1v) is 14.3. The number of nitrogens with one attached hydrogen (secondary N) is 2. The highest BCUT2D eigenvalue weighted by atomic mass is 35.5. The van der Waals surface area contributed by atoms with Crippen LogP contribution in [0.1, 0.15) is 12.5 Å². The lowest BCUT2D eigenvalue weighted by Crippen LogP contribution is -2.45. The number of nitrogens with zero attached hydrogens (tertiary/aromatic N) is 1. The summed E-state index contributed by atoms with van der Waals surface area (Å²) in [6, 6.07) is 15.6. The van der Waals surface area contributed by atoms with Crippen molar-refractivity contribution in [3.63, 3.8) is 0 Å². The van der Waals surface area contributed by atoms with E-state index in [2.05, 4.69) is 10.0 Å². The Balaban J connectivity index is 1.77. The predicted molar refractivity (Wildman–Crippen MR) is 140 cm³/mol. The van der Waals surface area contributed by atoms with E-state index in [4.69, 9.17) is 23.2 Å². The number of carbonyl (C=O) groups excluding carboxylic acids is 1. The van der Waals surface area contributed by atoms with Crippen LogP contribution in [0.2, 0.25) is 10.0 Å². The monoisotopic (exact) mass is 555 g/mol. The number of anilines is 3. The van der Waals surface area contributed by atoms with Gasteiger partial charge in [-0.15, -0.1) is 0 Å². The molecule has 0 aliphatic heterocycles. The highest BCUT2D eigenvalue weighted by molar-refractivity contribution is 7.92. The maximum absolute atomic E-state index is 12.9. The van der Waals surface area contributed by atoms with E-state index in [1.165, 1.54) is 43.3 Å². The molecule has 8 nitrogen and oxygen atoms in total. The second-order valence-corrected chi connectivity index (χ2v) is 12.1. The Morgan fingerprint density at radius 2 is 1.51 bits per heavy atom. The molecule has 186 valence electrons. The number of benzene rings is 3. The zero-order chi connectivity index (χ0) is 26.0. The number of halogens is 2.